The van der Waals surface area contributed by atoms with Gasteiger partial charge in [0.2, 0.25) is 0 Å². The molecule has 24 heavy (non-hydrogen) atoms. The molecule has 0 radical (unpaired) electrons. The van der Waals surface area contributed by atoms with Crippen molar-refractivity contribution in [2.24, 2.45) is 0 Å². The Morgan fingerprint density at radius 1 is 1.17 bits per heavy atom. The lowest BCUT2D eigenvalue weighted by atomic mass is 10.2. The van der Waals surface area contributed by atoms with E-state index in [0.717, 1.165) is 51.9 Å². The molecular formula is C16H18F3N3OS. The lowest BCUT2D eigenvalue weighted by molar-refractivity contribution is -0.136. The number of hydrogen-bond donors (Lipinski definition) is 0. The van der Waals surface area contributed by atoms with Crippen LogP contribution in [0.15, 0.2) is 18.2 Å². The van der Waals surface area contributed by atoms with Crippen molar-refractivity contribution in [2.75, 3.05) is 44.3 Å². The Kier molecular flexibility index (Phi) is 4.14. The first-order valence-electron chi connectivity index (χ1n) is 8.06. The molecule has 2 aliphatic heterocycles. The van der Waals surface area contributed by atoms with E-state index in [4.69, 9.17) is 4.74 Å². The fourth-order valence-corrected chi connectivity index (χ4v) is 4.48. The molecule has 1 aromatic carbocycles. The second kappa shape index (κ2) is 6.16. The predicted octanol–water partition coefficient (Wildman–Crippen LogP) is 3.23. The fourth-order valence-electron chi connectivity index (χ4n) is 3.46. The van der Waals surface area contributed by atoms with Gasteiger partial charge in [-0.15, -0.1) is 0 Å². The number of ether oxygens (including phenoxy) is 1. The molecule has 2 aromatic rings. The van der Waals surface area contributed by atoms with Crippen LogP contribution in [-0.4, -0.2) is 55.3 Å². The minimum absolute atomic E-state index is 0.0693. The summed E-state index contributed by atoms with van der Waals surface area (Å²) in [6, 6.07) is 4.70. The lowest BCUT2D eigenvalue weighted by Crippen LogP contribution is -2.44. The third-order valence-electron chi connectivity index (χ3n) is 4.71. The molecule has 2 aliphatic rings. The molecule has 0 aliphatic carbocycles. The summed E-state index contributed by atoms with van der Waals surface area (Å²) in [4.78, 5) is 8.85. The molecular weight excluding hydrogens is 339 g/mol. The first kappa shape index (κ1) is 16.1. The normalized spacial score (nSPS) is 23.3. The summed E-state index contributed by atoms with van der Waals surface area (Å²) in [6.45, 7) is 5.02. The third kappa shape index (κ3) is 2.98. The van der Waals surface area contributed by atoms with Crippen molar-refractivity contribution in [3.05, 3.63) is 23.8 Å². The average molecular weight is 357 g/mol. The third-order valence-corrected chi connectivity index (χ3v) is 5.79. The highest BCUT2D eigenvalue weighted by molar-refractivity contribution is 7.22. The number of morpholine rings is 1. The van der Waals surface area contributed by atoms with E-state index in [-0.39, 0.29) is 5.52 Å². The maximum Gasteiger partial charge on any atom is 0.418 e. The van der Waals surface area contributed by atoms with E-state index in [1.54, 1.807) is 6.07 Å². The second-order valence-electron chi connectivity index (χ2n) is 6.18. The monoisotopic (exact) mass is 357 g/mol. The van der Waals surface area contributed by atoms with Crippen molar-refractivity contribution >= 4 is 26.7 Å². The summed E-state index contributed by atoms with van der Waals surface area (Å²) in [7, 11) is 0. The van der Waals surface area contributed by atoms with Gasteiger partial charge >= 0.3 is 6.18 Å². The molecule has 1 aromatic heterocycles. The zero-order valence-corrected chi connectivity index (χ0v) is 13.9. The van der Waals surface area contributed by atoms with E-state index in [0.29, 0.717) is 15.9 Å². The maximum atomic E-state index is 13.1. The van der Waals surface area contributed by atoms with Gasteiger partial charge < -0.3 is 9.64 Å². The van der Waals surface area contributed by atoms with Gasteiger partial charge in [-0.25, -0.2) is 4.98 Å². The number of fused-ring (bicyclic) bond motifs is 1. The number of hydrogen-bond acceptors (Lipinski definition) is 5. The summed E-state index contributed by atoms with van der Waals surface area (Å²) >= 11 is 1.35. The maximum absolute atomic E-state index is 13.1. The van der Waals surface area contributed by atoms with Crippen LogP contribution in [0.3, 0.4) is 0 Å². The number of halogens is 3. The van der Waals surface area contributed by atoms with Crippen LogP contribution in [0.1, 0.15) is 12.0 Å². The molecule has 8 heteroatoms. The molecule has 1 atom stereocenters. The van der Waals surface area contributed by atoms with Crippen LogP contribution in [0.4, 0.5) is 18.3 Å². The largest absolute Gasteiger partial charge is 0.418 e. The van der Waals surface area contributed by atoms with Crippen LogP contribution in [0.25, 0.3) is 10.2 Å². The van der Waals surface area contributed by atoms with Crippen molar-refractivity contribution in [3.63, 3.8) is 0 Å². The molecule has 4 rings (SSSR count). The molecule has 0 spiro atoms. The van der Waals surface area contributed by atoms with Crippen LogP contribution < -0.4 is 4.90 Å². The molecule has 3 heterocycles. The standard InChI is InChI=1S/C16H18F3N3OS/c17-16(18,19)12-2-1-3-13-14(12)20-15(24-13)22-5-4-11(10-22)21-6-8-23-9-7-21/h1-3,11H,4-10H2. The van der Waals surface area contributed by atoms with Crippen molar-refractivity contribution in [1.29, 1.82) is 0 Å². The summed E-state index contributed by atoms with van der Waals surface area (Å²) in [6.07, 6.45) is -3.35. The molecule has 2 saturated heterocycles. The molecule has 2 fully saturated rings. The van der Waals surface area contributed by atoms with Gasteiger partial charge in [-0.05, 0) is 18.6 Å². The topological polar surface area (TPSA) is 28.6 Å². The Hall–Kier alpha value is -1.38. The number of nitrogens with zero attached hydrogens (tertiary/aromatic N) is 3. The zero-order valence-electron chi connectivity index (χ0n) is 13.1. The van der Waals surface area contributed by atoms with Gasteiger partial charge in [0, 0.05) is 32.2 Å². The van der Waals surface area contributed by atoms with Crippen LogP contribution in [0.5, 0.6) is 0 Å². The Morgan fingerprint density at radius 3 is 2.71 bits per heavy atom. The number of alkyl halides is 3. The quantitative estimate of drug-likeness (QED) is 0.825. The smallest absolute Gasteiger partial charge is 0.379 e. The van der Waals surface area contributed by atoms with Gasteiger partial charge in [-0.1, -0.05) is 17.4 Å². The van der Waals surface area contributed by atoms with Crippen molar-refractivity contribution in [2.45, 2.75) is 18.6 Å². The number of rotatable bonds is 2. The zero-order chi connectivity index (χ0) is 16.7. The SMILES string of the molecule is FC(F)(F)c1cccc2sc(N3CCC(N4CCOCC4)C3)nc12. The Morgan fingerprint density at radius 2 is 1.96 bits per heavy atom. The first-order valence-corrected chi connectivity index (χ1v) is 8.87. The van der Waals surface area contributed by atoms with E-state index < -0.39 is 11.7 Å². The Balaban J connectivity index is 1.57. The molecule has 130 valence electrons. The fraction of sp³-hybridized carbons (Fsp3) is 0.562. The Bertz CT molecular complexity index is 727. The minimum atomic E-state index is -4.37. The minimum Gasteiger partial charge on any atom is -0.379 e. The van der Waals surface area contributed by atoms with Gasteiger partial charge in [-0.2, -0.15) is 13.2 Å². The molecule has 0 N–H and O–H groups in total. The van der Waals surface area contributed by atoms with Crippen molar-refractivity contribution in [3.8, 4) is 0 Å². The van der Waals surface area contributed by atoms with Crippen LogP contribution in [0, 0.1) is 0 Å². The van der Waals surface area contributed by atoms with Crippen LogP contribution in [-0.2, 0) is 10.9 Å². The lowest BCUT2D eigenvalue weighted by Gasteiger charge is -2.32. The van der Waals surface area contributed by atoms with E-state index in [1.807, 2.05) is 0 Å². The number of thiazole rings is 1. The highest BCUT2D eigenvalue weighted by Gasteiger charge is 2.35. The first-order chi connectivity index (χ1) is 11.5. The van der Waals surface area contributed by atoms with E-state index in [9.17, 15) is 13.2 Å². The number of para-hydroxylation sites is 1. The number of benzene rings is 1. The molecule has 0 bridgehead atoms. The van der Waals surface area contributed by atoms with Gasteiger partial charge in [0.25, 0.3) is 0 Å². The summed E-state index contributed by atoms with van der Waals surface area (Å²) in [5, 5.41) is 0.692. The summed E-state index contributed by atoms with van der Waals surface area (Å²) in [5.41, 5.74) is -0.578. The highest BCUT2D eigenvalue weighted by atomic mass is 32.1. The molecule has 0 saturated carbocycles. The van der Waals surface area contributed by atoms with E-state index in [1.165, 1.54) is 17.4 Å². The molecule has 4 nitrogen and oxygen atoms in total. The average Bonchev–Trinajstić information content (AvgIpc) is 3.21. The van der Waals surface area contributed by atoms with Crippen LogP contribution >= 0.6 is 11.3 Å². The van der Waals surface area contributed by atoms with Gasteiger partial charge in [0.15, 0.2) is 5.13 Å². The second-order valence-corrected chi connectivity index (χ2v) is 7.19. The number of aromatic nitrogens is 1. The highest BCUT2D eigenvalue weighted by Crippen LogP contribution is 2.39. The number of anilines is 1. The van der Waals surface area contributed by atoms with Gasteiger partial charge in [0.05, 0.1) is 29.0 Å². The Labute approximate surface area is 141 Å². The van der Waals surface area contributed by atoms with Crippen molar-refractivity contribution < 1.29 is 17.9 Å². The predicted molar refractivity (Wildman–Crippen MR) is 87.6 cm³/mol. The van der Waals surface area contributed by atoms with Gasteiger partial charge in [0.1, 0.15) is 0 Å². The van der Waals surface area contributed by atoms with E-state index in [2.05, 4.69) is 14.8 Å². The summed E-state index contributed by atoms with van der Waals surface area (Å²) < 4.78 is 45.4. The van der Waals surface area contributed by atoms with Crippen molar-refractivity contribution in [1.82, 2.24) is 9.88 Å². The molecule has 1 unspecified atom stereocenters. The van der Waals surface area contributed by atoms with E-state index >= 15 is 0 Å². The van der Waals surface area contributed by atoms with Crippen LogP contribution in [0.2, 0.25) is 0 Å². The van der Waals surface area contributed by atoms with Gasteiger partial charge in [-0.3, -0.25) is 4.90 Å². The molecule has 0 amide bonds. The summed E-state index contributed by atoms with van der Waals surface area (Å²) in [5.74, 6) is 0.